The van der Waals surface area contributed by atoms with E-state index >= 15 is 0 Å². The molecule has 0 aliphatic rings. The summed E-state index contributed by atoms with van der Waals surface area (Å²) in [5.41, 5.74) is 0.261. The van der Waals surface area contributed by atoms with Gasteiger partial charge in [-0.15, -0.1) is 0 Å². The highest BCUT2D eigenvalue weighted by Gasteiger charge is 1.85. The molecule has 50 valence electrons. The molecule has 0 aliphatic heterocycles. The summed E-state index contributed by atoms with van der Waals surface area (Å²) in [5.74, 6) is -1.06. The third kappa shape index (κ3) is 4.53. The van der Waals surface area contributed by atoms with Crippen molar-refractivity contribution < 1.29 is 15.1 Å². The van der Waals surface area contributed by atoms with E-state index in [-0.39, 0.29) is 5.71 Å². The lowest BCUT2D eigenvalue weighted by molar-refractivity contribution is -0.131. The zero-order valence-electron chi connectivity index (χ0n) is 4.90. The summed E-state index contributed by atoms with van der Waals surface area (Å²) in [6.07, 6.45) is 2.09. The molecule has 9 heavy (non-hydrogen) atoms. The van der Waals surface area contributed by atoms with E-state index in [1.807, 2.05) is 0 Å². The second-order valence-corrected chi connectivity index (χ2v) is 1.41. The number of carboxylic acids is 1. The van der Waals surface area contributed by atoms with E-state index in [1.54, 1.807) is 0 Å². The maximum atomic E-state index is 9.80. The zero-order valence-corrected chi connectivity index (χ0v) is 4.90. The summed E-state index contributed by atoms with van der Waals surface area (Å²) in [6, 6.07) is 0. The molecule has 0 heterocycles. The van der Waals surface area contributed by atoms with Gasteiger partial charge in [0, 0.05) is 6.08 Å². The van der Waals surface area contributed by atoms with Gasteiger partial charge in [-0.05, 0) is 13.0 Å². The van der Waals surface area contributed by atoms with Gasteiger partial charge in [-0.25, -0.2) is 4.79 Å². The lowest BCUT2D eigenvalue weighted by Gasteiger charge is -1.81. The Kier molecular flexibility index (Phi) is 3.12. The average molecular weight is 129 g/mol. The Morgan fingerprint density at radius 1 is 1.56 bits per heavy atom. The van der Waals surface area contributed by atoms with E-state index in [0.717, 1.165) is 6.08 Å². The zero-order chi connectivity index (χ0) is 7.28. The predicted molar refractivity (Wildman–Crippen MR) is 31.7 cm³/mol. The summed E-state index contributed by atoms with van der Waals surface area (Å²) < 4.78 is 0. The quantitative estimate of drug-likeness (QED) is 0.246. The Morgan fingerprint density at radius 2 is 2.11 bits per heavy atom. The molecule has 0 unspecified atom stereocenters. The van der Waals surface area contributed by atoms with Gasteiger partial charge in [-0.3, -0.25) is 0 Å². The van der Waals surface area contributed by atoms with Crippen molar-refractivity contribution in [2.45, 2.75) is 6.92 Å². The highest BCUT2D eigenvalue weighted by molar-refractivity contribution is 5.97. The van der Waals surface area contributed by atoms with Crippen LogP contribution >= 0.6 is 0 Å². The van der Waals surface area contributed by atoms with Crippen LogP contribution in [0, 0.1) is 0 Å². The Morgan fingerprint density at radius 3 is 2.44 bits per heavy atom. The van der Waals surface area contributed by atoms with Gasteiger partial charge in [-0.2, -0.15) is 0 Å². The first-order valence-electron chi connectivity index (χ1n) is 2.26. The summed E-state index contributed by atoms with van der Waals surface area (Å²) in [5, 5.41) is 18.8. The van der Waals surface area contributed by atoms with Crippen molar-refractivity contribution in [2.75, 3.05) is 0 Å². The van der Waals surface area contributed by atoms with Crippen LogP contribution in [0.2, 0.25) is 0 Å². The van der Waals surface area contributed by atoms with Crippen molar-refractivity contribution in [3.63, 3.8) is 0 Å². The van der Waals surface area contributed by atoms with Crippen molar-refractivity contribution >= 4 is 11.7 Å². The standard InChI is InChI=1S/C5H7NO3/c1-4(6-9)2-3-5(7)8/h2-3,9H,1H3,(H,7,8)/b3-2+,6-4-. The predicted octanol–water partition coefficient (Wildman–Crippen LogP) is 0.477. The number of aliphatic carboxylic acids is 1. The normalized spacial score (nSPS) is 12.3. The van der Waals surface area contributed by atoms with Gasteiger partial charge in [0.2, 0.25) is 0 Å². The summed E-state index contributed by atoms with van der Waals surface area (Å²) in [4.78, 5) is 9.80. The van der Waals surface area contributed by atoms with Crippen LogP contribution in [0.15, 0.2) is 17.3 Å². The monoisotopic (exact) mass is 129 g/mol. The van der Waals surface area contributed by atoms with Crippen LogP contribution in [0.1, 0.15) is 6.92 Å². The van der Waals surface area contributed by atoms with Gasteiger partial charge in [-0.1, -0.05) is 5.16 Å². The van der Waals surface area contributed by atoms with Gasteiger partial charge < -0.3 is 10.3 Å². The fraction of sp³-hybridized carbons (Fsp3) is 0.200. The lowest BCUT2D eigenvalue weighted by atomic mass is 10.4. The Bertz CT molecular complexity index is 160. The van der Waals surface area contributed by atoms with Gasteiger partial charge in [0.05, 0.1) is 5.71 Å². The summed E-state index contributed by atoms with van der Waals surface area (Å²) in [6.45, 7) is 1.49. The first-order valence-corrected chi connectivity index (χ1v) is 2.26. The molecule has 0 aromatic heterocycles. The molecule has 0 atom stereocenters. The van der Waals surface area contributed by atoms with Crippen molar-refractivity contribution in [1.82, 2.24) is 0 Å². The minimum Gasteiger partial charge on any atom is -0.478 e. The van der Waals surface area contributed by atoms with Gasteiger partial charge >= 0.3 is 5.97 Å². The minimum atomic E-state index is -1.06. The van der Waals surface area contributed by atoms with Gasteiger partial charge in [0.15, 0.2) is 0 Å². The minimum absolute atomic E-state index is 0.261. The molecule has 2 N–H and O–H groups in total. The van der Waals surface area contributed by atoms with E-state index in [0.29, 0.717) is 0 Å². The fourth-order valence-electron chi connectivity index (χ4n) is 0.225. The third-order valence-electron chi connectivity index (χ3n) is 0.625. The molecule has 0 aliphatic carbocycles. The fourth-order valence-corrected chi connectivity index (χ4v) is 0.225. The van der Waals surface area contributed by atoms with E-state index in [2.05, 4.69) is 5.16 Å². The molecular formula is C5H7NO3. The number of oxime groups is 1. The average Bonchev–Trinajstić information content (AvgIpc) is 1.83. The number of hydrogen-bond donors (Lipinski definition) is 2. The molecule has 4 nitrogen and oxygen atoms in total. The molecule has 0 fully saturated rings. The maximum Gasteiger partial charge on any atom is 0.328 e. The highest BCUT2D eigenvalue weighted by Crippen LogP contribution is 1.77. The molecule has 0 spiro atoms. The summed E-state index contributed by atoms with van der Waals surface area (Å²) in [7, 11) is 0. The smallest absolute Gasteiger partial charge is 0.328 e. The topological polar surface area (TPSA) is 69.9 Å². The Labute approximate surface area is 52.1 Å². The molecule has 0 bridgehead atoms. The Hall–Kier alpha value is -1.32. The number of carbonyl (C=O) groups is 1. The first kappa shape index (κ1) is 7.68. The molecule has 0 aromatic carbocycles. The number of carboxylic acid groups (broad SMARTS) is 1. The van der Waals surface area contributed by atoms with Crippen LogP contribution < -0.4 is 0 Å². The second-order valence-electron chi connectivity index (χ2n) is 1.41. The van der Waals surface area contributed by atoms with Crippen LogP contribution in [0.3, 0.4) is 0 Å². The molecular weight excluding hydrogens is 122 g/mol. The van der Waals surface area contributed by atoms with Crippen molar-refractivity contribution in [1.29, 1.82) is 0 Å². The maximum absolute atomic E-state index is 9.80. The van der Waals surface area contributed by atoms with E-state index in [1.165, 1.54) is 13.0 Å². The number of rotatable bonds is 2. The molecule has 0 saturated heterocycles. The third-order valence-corrected chi connectivity index (χ3v) is 0.625. The molecule has 0 aromatic rings. The van der Waals surface area contributed by atoms with Gasteiger partial charge in [0.25, 0.3) is 0 Å². The van der Waals surface area contributed by atoms with Crippen LogP contribution in [-0.4, -0.2) is 22.0 Å². The highest BCUT2D eigenvalue weighted by atomic mass is 16.4. The van der Waals surface area contributed by atoms with Gasteiger partial charge in [0.1, 0.15) is 0 Å². The van der Waals surface area contributed by atoms with Crippen LogP contribution in [0.25, 0.3) is 0 Å². The van der Waals surface area contributed by atoms with E-state index < -0.39 is 5.97 Å². The lowest BCUT2D eigenvalue weighted by Crippen LogP contribution is -1.90. The Balaban J connectivity index is 3.86. The molecule has 4 heteroatoms. The number of nitrogens with zero attached hydrogens (tertiary/aromatic N) is 1. The van der Waals surface area contributed by atoms with Crippen LogP contribution in [0.4, 0.5) is 0 Å². The van der Waals surface area contributed by atoms with Crippen molar-refractivity contribution in [3.8, 4) is 0 Å². The first-order chi connectivity index (χ1) is 4.16. The van der Waals surface area contributed by atoms with E-state index in [4.69, 9.17) is 10.3 Å². The number of allylic oxidation sites excluding steroid dienone is 1. The molecule has 0 amide bonds. The van der Waals surface area contributed by atoms with Crippen molar-refractivity contribution in [3.05, 3.63) is 12.2 Å². The van der Waals surface area contributed by atoms with Crippen LogP contribution in [0.5, 0.6) is 0 Å². The largest absolute Gasteiger partial charge is 0.478 e. The molecule has 0 rings (SSSR count). The summed E-state index contributed by atoms with van der Waals surface area (Å²) >= 11 is 0. The molecule has 0 radical (unpaired) electrons. The number of hydrogen-bond acceptors (Lipinski definition) is 3. The second kappa shape index (κ2) is 3.65. The van der Waals surface area contributed by atoms with Crippen molar-refractivity contribution in [2.24, 2.45) is 5.16 Å². The molecule has 0 saturated carbocycles. The van der Waals surface area contributed by atoms with Crippen LogP contribution in [-0.2, 0) is 4.79 Å². The van der Waals surface area contributed by atoms with E-state index in [9.17, 15) is 4.79 Å². The SMILES string of the molecule is CC(/C=C/C(=O)O)=N/O.